The molecule has 0 aromatic heterocycles. The first-order valence-corrected chi connectivity index (χ1v) is 8.92. The Morgan fingerprint density at radius 1 is 0.750 bits per heavy atom. The first kappa shape index (κ1) is 16.2. The van der Waals surface area contributed by atoms with E-state index < -0.39 is 9.05 Å². The maximum absolute atomic E-state index is 11.4. The lowest BCUT2D eigenvalue weighted by Crippen LogP contribution is -1.94. The molecule has 0 heterocycles. The van der Waals surface area contributed by atoms with Gasteiger partial charge in [-0.15, -0.1) is 0 Å². The van der Waals surface area contributed by atoms with Gasteiger partial charge in [0.1, 0.15) is 4.90 Å². The molecule has 0 saturated heterocycles. The van der Waals surface area contributed by atoms with Crippen molar-refractivity contribution in [2.24, 2.45) is 0 Å². The van der Waals surface area contributed by atoms with E-state index >= 15 is 0 Å². The predicted molar refractivity (Wildman–Crippen MR) is 85.0 cm³/mol. The lowest BCUT2D eigenvalue weighted by molar-refractivity contribution is 0.609. The fraction of sp³-hybridized carbons (Fsp3) is 0. The molecule has 0 saturated carbocycles. The molecule has 0 amide bonds. The third-order valence-corrected chi connectivity index (χ3v) is 5.73. The van der Waals surface area contributed by atoms with Crippen LogP contribution in [0.3, 0.4) is 0 Å². The first-order valence-electron chi connectivity index (χ1n) is 5.10. The minimum Gasteiger partial charge on any atom is -0.207 e. The maximum Gasteiger partial charge on any atom is 0.262 e. The molecule has 0 bridgehead atoms. The maximum atomic E-state index is 11.4. The molecular formula is C12H5Cl5O2S. The molecule has 2 aromatic carbocycles. The highest BCUT2D eigenvalue weighted by molar-refractivity contribution is 8.13. The summed E-state index contributed by atoms with van der Waals surface area (Å²) in [6, 6.07) is 7.57. The fourth-order valence-electron chi connectivity index (χ4n) is 1.64. The minimum absolute atomic E-state index is 0.0252. The molecule has 0 aliphatic carbocycles. The van der Waals surface area contributed by atoms with E-state index in [1.165, 1.54) is 12.1 Å². The van der Waals surface area contributed by atoms with Crippen molar-refractivity contribution in [3.8, 4) is 11.1 Å². The summed E-state index contributed by atoms with van der Waals surface area (Å²) in [6.07, 6.45) is 0. The molecule has 0 aliphatic heterocycles. The van der Waals surface area contributed by atoms with Crippen LogP contribution in [0.25, 0.3) is 11.1 Å². The third kappa shape index (κ3) is 3.03. The summed E-state index contributed by atoms with van der Waals surface area (Å²) in [7, 11) is 1.37. The number of hydrogen-bond donors (Lipinski definition) is 0. The molecule has 2 rings (SSSR count). The van der Waals surface area contributed by atoms with E-state index in [0.717, 1.165) is 0 Å². The van der Waals surface area contributed by atoms with E-state index in [4.69, 9.17) is 57.1 Å². The van der Waals surface area contributed by atoms with Gasteiger partial charge in [-0.3, -0.25) is 0 Å². The summed E-state index contributed by atoms with van der Waals surface area (Å²) >= 11 is 24.0. The van der Waals surface area contributed by atoms with Crippen molar-refractivity contribution in [2.45, 2.75) is 4.90 Å². The highest BCUT2D eigenvalue weighted by Crippen LogP contribution is 2.42. The summed E-state index contributed by atoms with van der Waals surface area (Å²) in [5, 5.41) is 0.617. The van der Waals surface area contributed by atoms with E-state index in [1.807, 2.05) is 0 Å². The zero-order chi connectivity index (χ0) is 15.1. The normalized spacial score (nSPS) is 11.7. The van der Waals surface area contributed by atoms with Crippen LogP contribution in [0.1, 0.15) is 0 Å². The zero-order valence-corrected chi connectivity index (χ0v) is 14.1. The van der Waals surface area contributed by atoms with E-state index in [0.29, 0.717) is 11.1 Å². The quantitative estimate of drug-likeness (QED) is 0.473. The van der Waals surface area contributed by atoms with Crippen LogP contribution in [0.4, 0.5) is 0 Å². The molecule has 2 aromatic rings. The number of benzene rings is 2. The molecule has 0 fully saturated rings. The largest absolute Gasteiger partial charge is 0.262 e. The summed E-state index contributed by atoms with van der Waals surface area (Å²) < 4.78 is 22.9. The monoisotopic (exact) mass is 388 g/mol. The third-order valence-electron chi connectivity index (χ3n) is 2.55. The second-order valence-corrected chi connectivity index (χ2v) is 7.85. The van der Waals surface area contributed by atoms with Gasteiger partial charge < -0.3 is 0 Å². The molecule has 106 valence electrons. The summed E-state index contributed by atoms with van der Waals surface area (Å²) in [4.78, 5) is -0.194. The van der Waals surface area contributed by atoms with Crippen LogP contribution in [0.2, 0.25) is 20.1 Å². The van der Waals surface area contributed by atoms with Crippen LogP contribution in [0, 0.1) is 0 Å². The van der Waals surface area contributed by atoms with Gasteiger partial charge in [-0.05, 0) is 12.1 Å². The van der Waals surface area contributed by atoms with Crippen LogP contribution >= 0.6 is 57.1 Å². The molecule has 0 radical (unpaired) electrons. The molecule has 0 spiro atoms. The van der Waals surface area contributed by atoms with Crippen LogP contribution in [-0.2, 0) is 9.05 Å². The minimum atomic E-state index is -3.96. The Kier molecular flexibility index (Phi) is 4.80. The SMILES string of the molecule is O=S(=O)(Cl)c1cccc(-c2ccc(Cl)c(Cl)c2Cl)c1Cl. The Morgan fingerprint density at radius 3 is 1.95 bits per heavy atom. The summed E-state index contributed by atoms with van der Waals surface area (Å²) in [6.45, 7) is 0. The molecule has 8 heteroatoms. The van der Waals surface area contributed by atoms with Crippen molar-refractivity contribution in [1.29, 1.82) is 0 Å². The van der Waals surface area contributed by atoms with Crippen LogP contribution in [0.15, 0.2) is 35.2 Å². The zero-order valence-electron chi connectivity index (χ0n) is 9.50. The molecular weight excluding hydrogens is 385 g/mol. The molecule has 0 atom stereocenters. The van der Waals surface area contributed by atoms with Crippen LogP contribution < -0.4 is 0 Å². The molecule has 2 nitrogen and oxygen atoms in total. The second kappa shape index (κ2) is 5.91. The van der Waals surface area contributed by atoms with Crippen molar-refractivity contribution in [2.75, 3.05) is 0 Å². The van der Waals surface area contributed by atoms with Gasteiger partial charge in [-0.2, -0.15) is 0 Å². The Balaban J connectivity index is 2.76. The molecule has 0 aliphatic rings. The van der Waals surface area contributed by atoms with Gasteiger partial charge >= 0.3 is 0 Å². The van der Waals surface area contributed by atoms with Gasteiger partial charge in [0.15, 0.2) is 0 Å². The Labute approximate surface area is 140 Å². The van der Waals surface area contributed by atoms with Crippen LogP contribution in [0.5, 0.6) is 0 Å². The summed E-state index contributed by atoms with van der Waals surface area (Å²) in [5.41, 5.74) is 0.866. The van der Waals surface area contributed by atoms with E-state index in [1.54, 1.807) is 18.2 Å². The van der Waals surface area contributed by atoms with Gasteiger partial charge in [0, 0.05) is 21.8 Å². The average Bonchev–Trinajstić information content (AvgIpc) is 2.36. The molecule has 20 heavy (non-hydrogen) atoms. The van der Waals surface area contributed by atoms with Gasteiger partial charge in [-0.1, -0.05) is 64.6 Å². The number of hydrogen-bond acceptors (Lipinski definition) is 2. The van der Waals surface area contributed by atoms with E-state index in [9.17, 15) is 8.42 Å². The molecule has 0 unspecified atom stereocenters. The van der Waals surface area contributed by atoms with Gasteiger partial charge in [-0.25, -0.2) is 8.42 Å². The van der Waals surface area contributed by atoms with Gasteiger partial charge in [0.25, 0.3) is 9.05 Å². The van der Waals surface area contributed by atoms with Gasteiger partial charge in [0.2, 0.25) is 0 Å². The Bertz CT molecular complexity index is 787. The van der Waals surface area contributed by atoms with Crippen molar-refractivity contribution in [1.82, 2.24) is 0 Å². The van der Waals surface area contributed by atoms with E-state index in [-0.39, 0.29) is 25.0 Å². The lowest BCUT2D eigenvalue weighted by atomic mass is 10.1. The number of rotatable bonds is 2. The second-order valence-electron chi connectivity index (χ2n) is 3.78. The molecule has 0 N–H and O–H groups in total. The first-order chi connectivity index (χ1) is 9.23. The standard InChI is InChI=1S/C12H5Cl5O2S/c13-8-5-4-7(11(15)12(8)16)6-2-1-3-9(10(6)14)20(17,18)19/h1-5H. The smallest absolute Gasteiger partial charge is 0.207 e. The van der Waals surface area contributed by atoms with Crippen molar-refractivity contribution < 1.29 is 8.42 Å². The number of halogens is 5. The fourth-order valence-corrected chi connectivity index (χ4v) is 3.88. The summed E-state index contributed by atoms with van der Waals surface area (Å²) in [5.74, 6) is 0. The Hall–Kier alpha value is -0.160. The predicted octanol–water partition coefficient (Wildman–Crippen LogP) is 5.89. The van der Waals surface area contributed by atoms with Gasteiger partial charge in [0.05, 0.1) is 20.1 Å². The van der Waals surface area contributed by atoms with Crippen molar-refractivity contribution in [3.05, 3.63) is 50.4 Å². The van der Waals surface area contributed by atoms with Crippen LogP contribution in [-0.4, -0.2) is 8.42 Å². The average molecular weight is 391 g/mol. The topological polar surface area (TPSA) is 34.1 Å². The highest BCUT2D eigenvalue weighted by Gasteiger charge is 2.20. The lowest BCUT2D eigenvalue weighted by Gasteiger charge is -2.11. The van der Waals surface area contributed by atoms with Crippen molar-refractivity contribution in [3.63, 3.8) is 0 Å². The van der Waals surface area contributed by atoms with Crippen molar-refractivity contribution >= 4 is 66.1 Å². The Morgan fingerprint density at radius 2 is 1.35 bits per heavy atom. The van der Waals surface area contributed by atoms with E-state index in [2.05, 4.69) is 0 Å². The highest BCUT2D eigenvalue weighted by atomic mass is 35.7.